The smallest absolute Gasteiger partial charge is 0.261 e. The first kappa shape index (κ1) is 15.0. The highest BCUT2D eigenvalue weighted by atomic mass is 35.5. The van der Waals surface area contributed by atoms with E-state index in [2.05, 4.69) is 5.32 Å². The molecule has 6 heteroatoms. The van der Waals surface area contributed by atoms with Crippen molar-refractivity contribution in [3.05, 3.63) is 35.4 Å². The molecule has 0 aromatic heterocycles. The number of halogens is 1. The Morgan fingerprint density at radius 2 is 1.85 bits per heavy atom. The van der Waals surface area contributed by atoms with Crippen LogP contribution in [0.15, 0.2) is 24.3 Å². The Morgan fingerprint density at radius 1 is 1.20 bits per heavy atom. The van der Waals surface area contributed by atoms with Crippen LogP contribution in [0.1, 0.15) is 27.1 Å². The molecule has 1 atom stereocenters. The van der Waals surface area contributed by atoms with E-state index >= 15 is 0 Å². The molecule has 0 bridgehead atoms. The van der Waals surface area contributed by atoms with Gasteiger partial charge >= 0.3 is 0 Å². The van der Waals surface area contributed by atoms with Crippen LogP contribution in [0.5, 0.6) is 0 Å². The van der Waals surface area contributed by atoms with E-state index in [0.29, 0.717) is 30.7 Å². The summed E-state index contributed by atoms with van der Waals surface area (Å²) in [5.74, 6) is -0.381. The number of hydrogen-bond acceptors (Lipinski definition) is 4. The highest BCUT2D eigenvalue weighted by Crippen LogP contribution is 2.22. The second-order valence-corrected chi connectivity index (χ2v) is 4.79. The van der Waals surface area contributed by atoms with Crippen molar-refractivity contribution in [1.29, 1.82) is 0 Å². The summed E-state index contributed by atoms with van der Waals surface area (Å²) in [6.45, 7) is 2.75. The fraction of sp³-hybridized carbons (Fsp3) is 0.429. The largest absolute Gasteiger partial charge is 0.376 e. The minimum atomic E-state index is -0.190. The van der Waals surface area contributed by atoms with Crippen LogP contribution >= 0.6 is 12.4 Å². The van der Waals surface area contributed by atoms with Crippen LogP contribution in [0, 0.1) is 0 Å². The number of carbonyl (C=O) groups is 2. The molecule has 108 valence electrons. The molecule has 1 N–H and O–H groups in total. The molecule has 1 aromatic carbocycles. The Morgan fingerprint density at radius 3 is 2.40 bits per heavy atom. The number of ether oxygens (including phenoxy) is 1. The molecule has 3 rings (SSSR count). The van der Waals surface area contributed by atoms with Crippen LogP contribution in [-0.4, -0.2) is 49.1 Å². The van der Waals surface area contributed by atoms with Gasteiger partial charge in [0.25, 0.3) is 11.8 Å². The number of nitrogens with one attached hydrogen (secondary N) is 1. The van der Waals surface area contributed by atoms with Gasteiger partial charge in [0, 0.05) is 19.6 Å². The first-order chi connectivity index (χ1) is 9.27. The fourth-order valence-corrected chi connectivity index (χ4v) is 2.52. The molecule has 20 heavy (non-hydrogen) atoms. The molecule has 1 unspecified atom stereocenters. The Bertz CT molecular complexity index is 480. The van der Waals surface area contributed by atoms with Crippen molar-refractivity contribution in [3.8, 4) is 0 Å². The number of morpholine rings is 1. The molecular formula is C14H17ClN2O3. The molecule has 2 aliphatic heterocycles. The Labute approximate surface area is 123 Å². The van der Waals surface area contributed by atoms with Gasteiger partial charge in [0.2, 0.25) is 0 Å². The van der Waals surface area contributed by atoms with Gasteiger partial charge in [0.15, 0.2) is 0 Å². The topological polar surface area (TPSA) is 58.6 Å². The van der Waals surface area contributed by atoms with Gasteiger partial charge in [-0.3, -0.25) is 14.5 Å². The van der Waals surface area contributed by atoms with Crippen molar-refractivity contribution in [2.75, 3.05) is 26.2 Å². The zero-order chi connectivity index (χ0) is 13.2. The molecule has 0 saturated carbocycles. The molecule has 0 radical (unpaired) electrons. The SMILES string of the molecule is Cl.O=C1c2ccccc2C(=O)N1CCC1CNCCO1. The van der Waals surface area contributed by atoms with E-state index in [4.69, 9.17) is 4.74 Å². The van der Waals surface area contributed by atoms with E-state index in [1.165, 1.54) is 4.90 Å². The van der Waals surface area contributed by atoms with E-state index < -0.39 is 0 Å². The van der Waals surface area contributed by atoms with E-state index in [9.17, 15) is 9.59 Å². The van der Waals surface area contributed by atoms with E-state index in [1.54, 1.807) is 24.3 Å². The minimum absolute atomic E-state index is 0. The van der Waals surface area contributed by atoms with Crippen LogP contribution < -0.4 is 5.32 Å². The van der Waals surface area contributed by atoms with Crippen molar-refractivity contribution in [2.24, 2.45) is 0 Å². The average Bonchev–Trinajstić information content (AvgIpc) is 2.71. The Balaban J connectivity index is 0.00000147. The van der Waals surface area contributed by atoms with Gasteiger partial charge in [0.05, 0.1) is 23.8 Å². The highest BCUT2D eigenvalue weighted by Gasteiger charge is 2.35. The van der Waals surface area contributed by atoms with Crippen LogP contribution in [0.3, 0.4) is 0 Å². The van der Waals surface area contributed by atoms with E-state index in [0.717, 1.165) is 13.1 Å². The Hall–Kier alpha value is -1.43. The van der Waals surface area contributed by atoms with Gasteiger partial charge in [-0.25, -0.2) is 0 Å². The summed E-state index contributed by atoms with van der Waals surface area (Å²) in [5, 5.41) is 3.24. The number of nitrogens with zero attached hydrogens (tertiary/aromatic N) is 1. The van der Waals surface area contributed by atoms with Crippen molar-refractivity contribution in [1.82, 2.24) is 10.2 Å². The standard InChI is InChI=1S/C14H16N2O3.ClH/c17-13-11-3-1-2-4-12(11)14(18)16(13)7-5-10-9-15-6-8-19-10;/h1-4,10,15H,5-9H2;1H. The summed E-state index contributed by atoms with van der Waals surface area (Å²) in [5.41, 5.74) is 1.02. The molecular weight excluding hydrogens is 280 g/mol. The zero-order valence-electron chi connectivity index (χ0n) is 11.0. The number of fused-ring (bicyclic) bond motifs is 1. The van der Waals surface area contributed by atoms with Crippen LogP contribution in [0.2, 0.25) is 0 Å². The van der Waals surface area contributed by atoms with Crippen molar-refractivity contribution in [3.63, 3.8) is 0 Å². The molecule has 1 fully saturated rings. The lowest BCUT2D eigenvalue weighted by Crippen LogP contribution is -2.41. The van der Waals surface area contributed by atoms with Gasteiger partial charge < -0.3 is 10.1 Å². The quantitative estimate of drug-likeness (QED) is 0.848. The third-order valence-electron chi connectivity index (χ3n) is 3.56. The maximum atomic E-state index is 12.1. The lowest BCUT2D eigenvalue weighted by Gasteiger charge is -2.25. The van der Waals surface area contributed by atoms with Gasteiger partial charge in [-0.15, -0.1) is 12.4 Å². The lowest BCUT2D eigenvalue weighted by atomic mass is 10.1. The van der Waals surface area contributed by atoms with Gasteiger partial charge in [0.1, 0.15) is 0 Å². The monoisotopic (exact) mass is 296 g/mol. The summed E-state index contributed by atoms with van der Waals surface area (Å²) in [6.07, 6.45) is 0.761. The predicted octanol–water partition coefficient (Wildman–Crippen LogP) is 1.08. The summed E-state index contributed by atoms with van der Waals surface area (Å²) in [7, 11) is 0. The third kappa shape index (κ3) is 2.70. The number of amides is 2. The summed E-state index contributed by atoms with van der Waals surface area (Å²) in [4.78, 5) is 25.6. The van der Waals surface area contributed by atoms with E-state index in [-0.39, 0.29) is 30.3 Å². The predicted molar refractivity (Wildman–Crippen MR) is 76.3 cm³/mol. The molecule has 2 heterocycles. The van der Waals surface area contributed by atoms with Gasteiger partial charge in [-0.2, -0.15) is 0 Å². The molecule has 2 amide bonds. The number of rotatable bonds is 3. The fourth-order valence-electron chi connectivity index (χ4n) is 2.52. The Kier molecular flexibility index (Phi) is 4.75. The van der Waals surface area contributed by atoms with E-state index in [1.807, 2.05) is 0 Å². The van der Waals surface area contributed by atoms with Crippen LogP contribution in [-0.2, 0) is 4.74 Å². The average molecular weight is 297 g/mol. The zero-order valence-corrected chi connectivity index (χ0v) is 11.8. The summed E-state index contributed by atoms with van der Waals surface area (Å²) >= 11 is 0. The number of benzene rings is 1. The molecule has 1 aromatic rings. The molecule has 0 spiro atoms. The second kappa shape index (κ2) is 6.35. The first-order valence-electron chi connectivity index (χ1n) is 6.55. The maximum absolute atomic E-state index is 12.1. The lowest BCUT2D eigenvalue weighted by molar-refractivity contribution is 0.0180. The number of carbonyl (C=O) groups excluding carboxylic acids is 2. The first-order valence-corrected chi connectivity index (χ1v) is 6.55. The van der Waals surface area contributed by atoms with Gasteiger partial charge in [-0.1, -0.05) is 12.1 Å². The summed E-state index contributed by atoms with van der Waals surface area (Å²) in [6, 6.07) is 6.96. The third-order valence-corrected chi connectivity index (χ3v) is 3.56. The van der Waals surface area contributed by atoms with Crippen LogP contribution in [0.25, 0.3) is 0 Å². The van der Waals surface area contributed by atoms with Crippen molar-refractivity contribution in [2.45, 2.75) is 12.5 Å². The molecule has 0 aliphatic carbocycles. The normalized spacial score (nSPS) is 21.6. The van der Waals surface area contributed by atoms with Crippen molar-refractivity contribution < 1.29 is 14.3 Å². The molecule has 5 nitrogen and oxygen atoms in total. The molecule has 1 saturated heterocycles. The number of hydrogen-bond donors (Lipinski definition) is 1. The minimum Gasteiger partial charge on any atom is -0.376 e. The van der Waals surface area contributed by atoms with Crippen LogP contribution in [0.4, 0.5) is 0 Å². The van der Waals surface area contributed by atoms with Crippen molar-refractivity contribution >= 4 is 24.2 Å². The second-order valence-electron chi connectivity index (χ2n) is 4.79. The number of imide groups is 1. The molecule has 2 aliphatic rings. The van der Waals surface area contributed by atoms with Gasteiger partial charge in [-0.05, 0) is 18.6 Å². The summed E-state index contributed by atoms with van der Waals surface area (Å²) < 4.78 is 5.57. The maximum Gasteiger partial charge on any atom is 0.261 e. The highest BCUT2D eigenvalue weighted by molar-refractivity contribution is 6.21.